The van der Waals surface area contributed by atoms with Crippen LogP contribution in [0.5, 0.6) is 0 Å². The van der Waals surface area contributed by atoms with Gasteiger partial charge in [0.2, 0.25) is 0 Å². The molecule has 2 fully saturated rings. The lowest BCUT2D eigenvalue weighted by Gasteiger charge is -2.44. The van der Waals surface area contributed by atoms with Crippen molar-refractivity contribution in [3.05, 3.63) is 34.9 Å². The first-order chi connectivity index (χ1) is 11.6. The molecule has 0 unspecified atom stereocenters. The highest BCUT2D eigenvalue weighted by Crippen LogP contribution is 2.44. The van der Waals surface area contributed by atoms with Crippen LogP contribution in [0, 0.1) is 0 Å². The fourth-order valence-electron chi connectivity index (χ4n) is 3.38. The van der Waals surface area contributed by atoms with E-state index >= 15 is 0 Å². The van der Waals surface area contributed by atoms with Gasteiger partial charge in [0.1, 0.15) is 0 Å². The highest BCUT2D eigenvalue weighted by atomic mass is 35.5. The monoisotopic (exact) mass is 367 g/mol. The largest absolute Gasteiger partial charge is 0.338 e. The van der Waals surface area contributed by atoms with E-state index in [1.54, 1.807) is 24.3 Å². The van der Waals surface area contributed by atoms with Crippen LogP contribution in [0.25, 0.3) is 0 Å². The minimum Gasteiger partial charge on any atom is -0.338 e. The number of carbonyl (C=O) groups is 2. The van der Waals surface area contributed by atoms with E-state index in [0.717, 1.165) is 25.1 Å². The van der Waals surface area contributed by atoms with Crippen LogP contribution in [0.1, 0.15) is 30.1 Å². The standard InChI is InChI=1S/C17H22ClN3O2S/c1-2-19-16(23)20-9-7-17(8-10-20)21(11-12-24-17)15(22)13-3-5-14(18)6-4-13/h3-6H,2,7-12H2,1H3,(H,19,23). The summed E-state index contributed by atoms with van der Waals surface area (Å²) in [5, 5.41) is 3.48. The summed E-state index contributed by atoms with van der Waals surface area (Å²) in [6.45, 7) is 4.68. The third-order valence-corrected chi connectivity index (χ3v) is 6.48. The predicted octanol–water partition coefficient (Wildman–Crippen LogP) is 3.05. The third-order valence-electron chi connectivity index (χ3n) is 4.67. The maximum Gasteiger partial charge on any atom is 0.317 e. The number of hydrogen-bond donors (Lipinski definition) is 1. The summed E-state index contributed by atoms with van der Waals surface area (Å²) in [4.78, 5) is 28.6. The second-order valence-electron chi connectivity index (χ2n) is 6.08. The van der Waals surface area contributed by atoms with E-state index < -0.39 is 0 Å². The highest BCUT2D eigenvalue weighted by molar-refractivity contribution is 8.00. The Morgan fingerprint density at radius 2 is 1.88 bits per heavy atom. The zero-order valence-corrected chi connectivity index (χ0v) is 15.3. The Bertz CT molecular complexity index is 615. The number of amides is 3. The molecule has 2 heterocycles. The van der Waals surface area contributed by atoms with Gasteiger partial charge in [0.15, 0.2) is 0 Å². The van der Waals surface area contributed by atoms with Gasteiger partial charge in [-0.05, 0) is 44.0 Å². The molecule has 3 amide bonds. The number of halogens is 1. The molecular formula is C17H22ClN3O2S. The molecule has 2 aliphatic rings. The highest BCUT2D eigenvalue weighted by Gasteiger charge is 2.47. The van der Waals surface area contributed by atoms with Crippen LogP contribution in [0.3, 0.4) is 0 Å². The van der Waals surface area contributed by atoms with Crippen molar-refractivity contribution in [1.29, 1.82) is 0 Å². The van der Waals surface area contributed by atoms with Crippen molar-refractivity contribution in [2.45, 2.75) is 24.6 Å². The number of urea groups is 1. The molecule has 0 aliphatic carbocycles. The summed E-state index contributed by atoms with van der Waals surface area (Å²) in [5.41, 5.74) is 0.674. The van der Waals surface area contributed by atoms with Crippen LogP contribution in [0.15, 0.2) is 24.3 Å². The maximum atomic E-state index is 12.9. The van der Waals surface area contributed by atoms with Gasteiger partial charge in [0.05, 0.1) is 4.87 Å². The van der Waals surface area contributed by atoms with Crippen LogP contribution in [0.2, 0.25) is 5.02 Å². The normalized spacial score (nSPS) is 19.6. The fourth-order valence-corrected chi connectivity index (χ4v) is 4.96. The van der Waals surface area contributed by atoms with E-state index in [-0.39, 0.29) is 16.8 Å². The number of carbonyl (C=O) groups excluding carboxylic acids is 2. The minimum atomic E-state index is -0.181. The molecule has 130 valence electrons. The van der Waals surface area contributed by atoms with Crippen molar-refractivity contribution in [3.8, 4) is 0 Å². The molecule has 7 heteroatoms. The summed E-state index contributed by atoms with van der Waals surface area (Å²) in [7, 11) is 0. The second-order valence-corrected chi connectivity index (χ2v) is 7.97. The van der Waals surface area contributed by atoms with Crippen molar-refractivity contribution in [2.75, 3.05) is 31.9 Å². The first-order valence-electron chi connectivity index (χ1n) is 8.30. The second kappa shape index (κ2) is 7.23. The molecule has 0 aromatic heterocycles. The van der Waals surface area contributed by atoms with Gasteiger partial charge >= 0.3 is 6.03 Å². The van der Waals surface area contributed by atoms with Gasteiger partial charge in [-0.15, -0.1) is 11.8 Å². The van der Waals surface area contributed by atoms with Crippen LogP contribution < -0.4 is 5.32 Å². The summed E-state index contributed by atoms with van der Waals surface area (Å²) in [6.07, 6.45) is 1.63. The molecule has 2 saturated heterocycles. The van der Waals surface area contributed by atoms with E-state index in [2.05, 4.69) is 5.32 Å². The Morgan fingerprint density at radius 1 is 1.21 bits per heavy atom. The lowest BCUT2D eigenvalue weighted by Crippen LogP contribution is -2.55. The van der Waals surface area contributed by atoms with Crippen molar-refractivity contribution < 1.29 is 9.59 Å². The molecule has 0 saturated carbocycles. The van der Waals surface area contributed by atoms with Crippen LogP contribution in [-0.2, 0) is 0 Å². The average molecular weight is 368 g/mol. The molecule has 0 atom stereocenters. The number of rotatable bonds is 2. The lowest BCUT2D eigenvalue weighted by molar-refractivity contribution is 0.0581. The molecule has 3 rings (SSSR count). The molecule has 0 bridgehead atoms. The number of piperidine rings is 1. The number of nitrogens with one attached hydrogen (secondary N) is 1. The molecule has 5 nitrogen and oxygen atoms in total. The topological polar surface area (TPSA) is 52.7 Å². The van der Waals surface area contributed by atoms with Crippen molar-refractivity contribution >= 4 is 35.3 Å². The molecule has 1 aromatic carbocycles. The quantitative estimate of drug-likeness (QED) is 0.874. The first-order valence-corrected chi connectivity index (χ1v) is 9.66. The van der Waals surface area contributed by atoms with Crippen molar-refractivity contribution in [1.82, 2.24) is 15.1 Å². The Morgan fingerprint density at radius 3 is 2.50 bits per heavy atom. The van der Waals surface area contributed by atoms with Crippen molar-refractivity contribution in [2.24, 2.45) is 0 Å². The van der Waals surface area contributed by atoms with E-state index in [1.165, 1.54) is 0 Å². The van der Waals surface area contributed by atoms with Gasteiger partial charge in [-0.3, -0.25) is 4.79 Å². The van der Waals surface area contributed by atoms with Gasteiger partial charge in [-0.2, -0.15) is 0 Å². The maximum absolute atomic E-state index is 12.9. The van der Waals surface area contributed by atoms with Gasteiger partial charge in [0, 0.05) is 42.5 Å². The number of thioether (sulfide) groups is 1. The van der Waals surface area contributed by atoms with Crippen LogP contribution in [-0.4, -0.2) is 58.5 Å². The van der Waals surface area contributed by atoms with E-state index in [0.29, 0.717) is 30.2 Å². The Hall–Kier alpha value is -1.40. The smallest absolute Gasteiger partial charge is 0.317 e. The summed E-state index contributed by atoms with van der Waals surface area (Å²) in [6, 6.07) is 7.06. The molecule has 1 aromatic rings. The van der Waals surface area contributed by atoms with Crippen molar-refractivity contribution in [3.63, 3.8) is 0 Å². The Balaban J connectivity index is 1.70. The summed E-state index contributed by atoms with van der Waals surface area (Å²) < 4.78 is 0. The zero-order chi connectivity index (χ0) is 17.2. The predicted molar refractivity (Wildman–Crippen MR) is 97.6 cm³/mol. The molecule has 1 N–H and O–H groups in total. The Labute approximate surface area is 151 Å². The lowest BCUT2D eigenvalue weighted by atomic mass is 10.0. The third kappa shape index (κ3) is 3.35. The van der Waals surface area contributed by atoms with Crippen LogP contribution in [0.4, 0.5) is 4.79 Å². The molecular weight excluding hydrogens is 346 g/mol. The molecule has 24 heavy (non-hydrogen) atoms. The molecule has 2 aliphatic heterocycles. The van der Waals surface area contributed by atoms with Gasteiger partial charge in [-0.25, -0.2) is 4.79 Å². The fraction of sp³-hybridized carbons (Fsp3) is 0.529. The Kier molecular flexibility index (Phi) is 5.25. The van der Waals surface area contributed by atoms with Gasteiger partial charge in [0.25, 0.3) is 5.91 Å². The van der Waals surface area contributed by atoms with Gasteiger partial charge in [-0.1, -0.05) is 11.6 Å². The average Bonchev–Trinajstić information content (AvgIpc) is 2.99. The number of hydrogen-bond acceptors (Lipinski definition) is 3. The molecule has 1 spiro atoms. The summed E-state index contributed by atoms with van der Waals surface area (Å²) in [5.74, 6) is 1.00. The zero-order valence-electron chi connectivity index (χ0n) is 13.8. The number of likely N-dealkylation sites (tertiary alicyclic amines) is 1. The van der Waals surface area contributed by atoms with E-state index in [1.807, 2.05) is 28.5 Å². The van der Waals surface area contributed by atoms with Crippen LogP contribution >= 0.6 is 23.4 Å². The number of nitrogens with zero attached hydrogens (tertiary/aromatic N) is 2. The van der Waals surface area contributed by atoms with E-state index in [4.69, 9.17) is 11.6 Å². The SMILES string of the molecule is CCNC(=O)N1CCC2(CC1)SCCN2C(=O)c1ccc(Cl)cc1. The van der Waals surface area contributed by atoms with E-state index in [9.17, 15) is 9.59 Å². The number of benzene rings is 1. The summed E-state index contributed by atoms with van der Waals surface area (Å²) >= 11 is 7.76. The first kappa shape index (κ1) is 17.4. The minimum absolute atomic E-state index is 0.00840. The molecule has 0 radical (unpaired) electrons. The van der Waals surface area contributed by atoms with Gasteiger partial charge < -0.3 is 15.1 Å².